The Morgan fingerprint density at radius 3 is 1.72 bits per heavy atom. The fourth-order valence-corrected chi connectivity index (χ4v) is 8.57. The van der Waals surface area contributed by atoms with Crippen LogP contribution < -0.4 is 0 Å². The zero-order valence-corrected chi connectivity index (χ0v) is 27.7. The quantitative estimate of drug-likeness (QED) is 0.197. The molecule has 0 N–H and O–H groups in total. The second kappa shape index (κ2) is 10.2. The van der Waals surface area contributed by atoms with E-state index >= 15 is 0 Å². The van der Waals surface area contributed by atoms with Crippen molar-refractivity contribution in [2.75, 3.05) is 0 Å². The predicted octanol–water partition coefficient (Wildman–Crippen LogP) is 11.6. The third-order valence-corrected chi connectivity index (χ3v) is 11.8. The Bertz CT molecular complexity index is 2450. The molecule has 1 aliphatic carbocycles. The maximum absolute atomic E-state index is 5.02. The van der Waals surface area contributed by atoms with Crippen molar-refractivity contribution in [1.29, 1.82) is 0 Å². The van der Waals surface area contributed by atoms with Crippen molar-refractivity contribution in [3.05, 3.63) is 139 Å². The van der Waals surface area contributed by atoms with Crippen LogP contribution in [0.4, 0.5) is 0 Å². The summed E-state index contributed by atoms with van der Waals surface area (Å²) < 4.78 is 2.58. The second-order valence-corrected chi connectivity index (χ2v) is 14.8. The SMILES string of the molecule is CC1(C)c2cc3sc4ccc(-c5nc(-c6ccccc6)nc(-c6ccccc6)n5)cc4c3cc2-c2ccc3ccccc3c2C1(C)C. The molecule has 0 unspecified atom stereocenters. The largest absolute Gasteiger partial charge is 0.208 e. The predicted molar refractivity (Wildman–Crippen MR) is 198 cm³/mol. The fourth-order valence-electron chi connectivity index (χ4n) is 7.46. The van der Waals surface area contributed by atoms with Crippen LogP contribution in [0.1, 0.15) is 38.8 Å². The first-order valence-electron chi connectivity index (χ1n) is 16.2. The molecule has 0 bridgehead atoms. The Kier molecular flexibility index (Phi) is 6.06. The first-order chi connectivity index (χ1) is 22.8. The molecule has 0 radical (unpaired) electrons. The third kappa shape index (κ3) is 4.21. The average Bonchev–Trinajstić information content (AvgIpc) is 3.47. The highest BCUT2D eigenvalue weighted by atomic mass is 32.1. The lowest BCUT2D eigenvalue weighted by atomic mass is 9.54. The molecule has 0 fully saturated rings. The van der Waals surface area contributed by atoms with E-state index in [4.69, 9.17) is 15.0 Å². The summed E-state index contributed by atoms with van der Waals surface area (Å²) in [6, 6.07) is 45.4. The molecule has 47 heavy (non-hydrogen) atoms. The third-order valence-electron chi connectivity index (χ3n) is 10.6. The van der Waals surface area contributed by atoms with Crippen molar-refractivity contribution in [3.8, 4) is 45.3 Å². The Balaban J connectivity index is 1.27. The van der Waals surface area contributed by atoms with Gasteiger partial charge in [0.15, 0.2) is 17.5 Å². The molecule has 6 aromatic carbocycles. The maximum atomic E-state index is 5.02. The van der Waals surface area contributed by atoms with Crippen molar-refractivity contribution < 1.29 is 0 Å². The van der Waals surface area contributed by atoms with E-state index in [0.29, 0.717) is 17.5 Å². The highest BCUT2D eigenvalue weighted by molar-refractivity contribution is 7.25. The molecule has 2 heterocycles. The minimum atomic E-state index is -0.0679. The Hall–Kier alpha value is -5.19. The highest BCUT2D eigenvalue weighted by Crippen LogP contribution is 2.57. The lowest BCUT2D eigenvalue weighted by Crippen LogP contribution is -2.43. The van der Waals surface area contributed by atoms with Crippen LogP contribution in [0.2, 0.25) is 0 Å². The van der Waals surface area contributed by atoms with E-state index in [0.717, 1.165) is 16.7 Å². The van der Waals surface area contributed by atoms with Gasteiger partial charge in [-0.3, -0.25) is 0 Å². The molecule has 4 heteroatoms. The summed E-state index contributed by atoms with van der Waals surface area (Å²) in [5.41, 5.74) is 8.35. The van der Waals surface area contributed by atoms with Crippen LogP contribution in [0.25, 0.3) is 76.2 Å². The lowest BCUT2D eigenvalue weighted by molar-refractivity contribution is 0.301. The van der Waals surface area contributed by atoms with E-state index in [1.54, 1.807) is 0 Å². The molecule has 0 spiro atoms. The molecule has 0 atom stereocenters. The van der Waals surface area contributed by atoms with Gasteiger partial charge in [0, 0.05) is 42.3 Å². The second-order valence-electron chi connectivity index (χ2n) is 13.7. The fraction of sp³-hybridized carbons (Fsp3) is 0.140. The molecule has 0 saturated carbocycles. The number of hydrogen-bond acceptors (Lipinski definition) is 4. The van der Waals surface area contributed by atoms with Crippen LogP contribution >= 0.6 is 11.3 Å². The van der Waals surface area contributed by atoms with Gasteiger partial charge < -0.3 is 0 Å². The normalized spacial score (nSPS) is 14.7. The first kappa shape index (κ1) is 28.1. The van der Waals surface area contributed by atoms with Crippen molar-refractivity contribution in [2.45, 2.75) is 38.5 Å². The van der Waals surface area contributed by atoms with E-state index in [-0.39, 0.29) is 10.8 Å². The highest BCUT2D eigenvalue weighted by Gasteiger charge is 2.46. The average molecular weight is 624 g/mol. The molecule has 1 aliphatic rings. The van der Waals surface area contributed by atoms with Crippen molar-refractivity contribution >= 4 is 42.3 Å². The van der Waals surface area contributed by atoms with Crippen LogP contribution in [0.3, 0.4) is 0 Å². The van der Waals surface area contributed by atoms with Crippen LogP contribution in [0.15, 0.2) is 127 Å². The van der Waals surface area contributed by atoms with Gasteiger partial charge in [0.25, 0.3) is 0 Å². The van der Waals surface area contributed by atoms with E-state index in [9.17, 15) is 0 Å². The minimum absolute atomic E-state index is 0.0562. The molecule has 0 amide bonds. The first-order valence-corrected chi connectivity index (χ1v) is 17.0. The summed E-state index contributed by atoms with van der Waals surface area (Å²) >= 11 is 1.87. The molecule has 3 nitrogen and oxygen atoms in total. The standard InChI is InChI=1S/C43H33N3S/c1-42(2)35-25-37-34(24-32(35)31-21-19-26-13-11-12-18-30(26)38(31)43(42,3)4)33-23-29(20-22-36(33)47-37)41-45-39(27-14-7-5-8-15-27)44-40(46-41)28-16-9-6-10-17-28/h5-25H,1-4H3. The number of hydrogen-bond donors (Lipinski definition) is 0. The summed E-state index contributed by atoms with van der Waals surface area (Å²) in [5, 5.41) is 5.16. The van der Waals surface area contributed by atoms with Gasteiger partial charge >= 0.3 is 0 Å². The monoisotopic (exact) mass is 623 g/mol. The van der Waals surface area contributed by atoms with Crippen LogP contribution in [-0.4, -0.2) is 15.0 Å². The van der Waals surface area contributed by atoms with E-state index in [1.165, 1.54) is 53.2 Å². The van der Waals surface area contributed by atoms with Gasteiger partial charge in [0.05, 0.1) is 0 Å². The summed E-state index contributed by atoms with van der Waals surface area (Å²) in [6.45, 7) is 9.68. The van der Waals surface area contributed by atoms with E-state index in [1.807, 2.05) is 47.7 Å². The number of benzene rings is 6. The Morgan fingerprint density at radius 1 is 0.447 bits per heavy atom. The smallest absolute Gasteiger partial charge is 0.164 e. The van der Waals surface area contributed by atoms with Crippen molar-refractivity contribution in [3.63, 3.8) is 0 Å². The summed E-state index contributed by atoms with van der Waals surface area (Å²) in [7, 11) is 0. The maximum Gasteiger partial charge on any atom is 0.164 e. The molecule has 8 aromatic rings. The summed E-state index contributed by atoms with van der Waals surface area (Å²) in [6.07, 6.45) is 0. The zero-order valence-electron chi connectivity index (χ0n) is 26.9. The Morgan fingerprint density at radius 2 is 1.04 bits per heavy atom. The van der Waals surface area contributed by atoms with Gasteiger partial charge in [-0.1, -0.05) is 125 Å². The van der Waals surface area contributed by atoms with Gasteiger partial charge in [0.1, 0.15) is 0 Å². The van der Waals surface area contributed by atoms with Gasteiger partial charge in [0.2, 0.25) is 0 Å². The van der Waals surface area contributed by atoms with E-state index < -0.39 is 0 Å². The van der Waals surface area contributed by atoms with E-state index in [2.05, 4.69) is 119 Å². The molecule has 2 aromatic heterocycles. The van der Waals surface area contributed by atoms with Crippen molar-refractivity contribution in [2.24, 2.45) is 0 Å². The number of fused-ring (bicyclic) bond motifs is 8. The Labute approximate surface area is 278 Å². The van der Waals surface area contributed by atoms with Crippen LogP contribution in [0, 0.1) is 0 Å². The summed E-state index contributed by atoms with van der Waals surface area (Å²) in [5.74, 6) is 2.02. The number of aromatic nitrogens is 3. The number of rotatable bonds is 3. The van der Waals surface area contributed by atoms with Crippen LogP contribution in [0.5, 0.6) is 0 Å². The minimum Gasteiger partial charge on any atom is -0.208 e. The van der Waals surface area contributed by atoms with Crippen molar-refractivity contribution in [1.82, 2.24) is 15.0 Å². The summed E-state index contributed by atoms with van der Waals surface area (Å²) in [4.78, 5) is 14.9. The number of nitrogens with zero attached hydrogens (tertiary/aromatic N) is 3. The van der Waals surface area contributed by atoms with Gasteiger partial charge in [-0.25, -0.2) is 15.0 Å². The topological polar surface area (TPSA) is 38.7 Å². The zero-order chi connectivity index (χ0) is 31.9. The number of thiophene rings is 1. The molecular formula is C43H33N3S. The van der Waals surface area contributed by atoms with Gasteiger partial charge in [-0.2, -0.15) is 0 Å². The van der Waals surface area contributed by atoms with Gasteiger partial charge in [-0.15, -0.1) is 11.3 Å². The molecule has 226 valence electrons. The molecule has 9 rings (SSSR count). The molecular weight excluding hydrogens is 591 g/mol. The molecule has 0 aliphatic heterocycles. The van der Waals surface area contributed by atoms with Gasteiger partial charge in [-0.05, 0) is 68.8 Å². The van der Waals surface area contributed by atoms with Crippen LogP contribution in [-0.2, 0) is 10.8 Å². The lowest BCUT2D eigenvalue weighted by Gasteiger charge is -2.49. The molecule has 0 saturated heterocycles.